The summed E-state index contributed by atoms with van der Waals surface area (Å²) >= 11 is 0. The van der Waals surface area contributed by atoms with Gasteiger partial charge in [0.2, 0.25) is 0 Å². The van der Waals surface area contributed by atoms with E-state index < -0.39 is 17.5 Å². The minimum absolute atomic E-state index is 0.0288. The van der Waals surface area contributed by atoms with Gasteiger partial charge in [-0.1, -0.05) is 24.3 Å². The van der Waals surface area contributed by atoms with E-state index in [2.05, 4.69) is 4.90 Å². The average Bonchev–Trinajstić information content (AvgIpc) is 2.62. The molecule has 0 saturated carbocycles. The van der Waals surface area contributed by atoms with Crippen LogP contribution in [0.1, 0.15) is 21.5 Å². The largest absolute Gasteiger partial charge is 0.392 e. The molecule has 3 rings (SSSR count). The van der Waals surface area contributed by atoms with Crippen molar-refractivity contribution in [3.8, 4) is 0 Å². The Morgan fingerprint density at radius 3 is 2.20 bits per heavy atom. The Morgan fingerprint density at radius 2 is 1.60 bits per heavy atom. The first-order valence-electron chi connectivity index (χ1n) is 8.22. The lowest BCUT2D eigenvalue weighted by molar-refractivity contribution is 0.0624. The van der Waals surface area contributed by atoms with Gasteiger partial charge in [-0.2, -0.15) is 0 Å². The molecule has 132 valence electrons. The molecular formula is C19H20F2N2O2. The van der Waals surface area contributed by atoms with Crippen LogP contribution in [0.4, 0.5) is 8.78 Å². The van der Waals surface area contributed by atoms with Crippen LogP contribution in [0.25, 0.3) is 0 Å². The molecule has 1 aliphatic rings. The third-order valence-corrected chi connectivity index (χ3v) is 4.43. The van der Waals surface area contributed by atoms with Gasteiger partial charge in [0.05, 0.1) is 12.2 Å². The van der Waals surface area contributed by atoms with Crippen LogP contribution < -0.4 is 0 Å². The number of carbonyl (C=O) groups is 1. The van der Waals surface area contributed by atoms with Crippen molar-refractivity contribution >= 4 is 5.91 Å². The van der Waals surface area contributed by atoms with Gasteiger partial charge < -0.3 is 10.0 Å². The monoisotopic (exact) mass is 346 g/mol. The first-order chi connectivity index (χ1) is 12.1. The molecule has 0 spiro atoms. The Morgan fingerprint density at radius 1 is 0.960 bits per heavy atom. The maximum absolute atomic E-state index is 13.8. The normalized spacial score (nSPS) is 15.4. The number of amides is 1. The summed E-state index contributed by atoms with van der Waals surface area (Å²) in [6.45, 7) is 3.18. The molecule has 0 bridgehead atoms. The number of aliphatic hydroxyl groups excluding tert-OH is 1. The number of piperazine rings is 1. The highest BCUT2D eigenvalue weighted by atomic mass is 19.1. The Hall–Kier alpha value is -2.31. The van der Waals surface area contributed by atoms with Crippen molar-refractivity contribution in [2.75, 3.05) is 26.2 Å². The fourth-order valence-electron chi connectivity index (χ4n) is 2.95. The van der Waals surface area contributed by atoms with Gasteiger partial charge in [-0.3, -0.25) is 9.69 Å². The van der Waals surface area contributed by atoms with Gasteiger partial charge in [-0.05, 0) is 23.3 Å². The van der Waals surface area contributed by atoms with Crippen LogP contribution in [0.15, 0.2) is 42.5 Å². The van der Waals surface area contributed by atoms with Crippen LogP contribution in [0.5, 0.6) is 0 Å². The van der Waals surface area contributed by atoms with E-state index in [1.165, 1.54) is 6.07 Å². The Labute approximate surface area is 145 Å². The van der Waals surface area contributed by atoms with Crippen molar-refractivity contribution in [2.24, 2.45) is 0 Å². The molecule has 6 heteroatoms. The third kappa shape index (κ3) is 4.21. The SMILES string of the molecule is O=C(c1ccc(F)cc1F)N1CCN(Cc2ccc(CO)cc2)CC1. The van der Waals surface area contributed by atoms with E-state index in [0.29, 0.717) is 26.2 Å². The first kappa shape index (κ1) is 17.5. The van der Waals surface area contributed by atoms with E-state index >= 15 is 0 Å². The van der Waals surface area contributed by atoms with E-state index in [-0.39, 0.29) is 12.2 Å². The minimum atomic E-state index is -0.823. The van der Waals surface area contributed by atoms with Crippen molar-refractivity contribution in [1.29, 1.82) is 0 Å². The van der Waals surface area contributed by atoms with Gasteiger partial charge in [0.25, 0.3) is 5.91 Å². The van der Waals surface area contributed by atoms with Crippen LogP contribution in [0, 0.1) is 11.6 Å². The van der Waals surface area contributed by atoms with Crippen molar-refractivity contribution in [3.63, 3.8) is 0 Å². The maximum Gasteiger partial charge on any atom is 0.256 e. The van der Waals surface area contributed by atoms with Crippen molar-refractivity contribution in [2.45, 2.75) is 13.2 Å². The minimum Gasteiger partial charge on any atom is -0.392 e. The van der Waals surface area contributed by atoms with E-state index in [0.717, 1.165) is 29.8 Å². The summed E-state index contributed by atoms with van der Waals surface area (Å²) in [4.78, 5) is 16.2. The van der Waals surface area contributed by atoms with Crippen molar-refractivity contribution in [1.82, 2.24) is 9.80 Å². The van der Waals surface area contributed by atoms with Gasteiger partial charge in [0, 0.05) is 38.8 Å². The second-order valence-electron chi connectivity index (χ2n) is 6.17. The van der Waals surface area contributed by atoms with Crippen LogP contribution in [0.3, 0.4) is 0 Å². The van der Waals surface area contributed by atoms with E-state index in [9.17, 15) is 13.6 Å². The molecule has 0 aromatic heterocycles. The molecule has 2 aromatic rings. The Bertz CT molecular complexity index is 742. The molecule has 1 N–H and O–H groups in total. The summed E-state index contributed by atoms with van der Waals surface area (Å²) in [5.41, 5.74) is 1.93. The van der Waals surface area contributed by atoms with Crippen LogP contribution in [-0.2, 0) is 13.2 Å². The highest BCUT2D eigenvalue weighted by Crippen LogP contribution is 2.15. The third-order valence-electron chi connectivity index (χ3n) is 4.43. The van der Waals surface area contributed by atoms with Crippen LogP contribution in [-0.4, -0.2) is 47.0 Å². The van der Waals surface area contributed by atoms with Crippen LogP contribution in [0.2, 0.25) is 0 Å². The van der Waals surface area contributed by atoms with Crippen molar-refractivity contribution < 1.29 is 18.7 Å². The highest BCUT2D eigenvalue weighted by molar-refractivity contribution is 5.94. The number of halogens is 2. The number of carbonyl (C=O) groups excluding carboxylic acids is 1. The Kier molecular flexibility index (Phi) is 5.40. The predicted octanol–water partition coefficient (Wildman–Crippen LogP) is 2.42. The van der Waals surface area contributed by atoms with Gasteiger partial charge in [-0.15, -0.1) is 0 Å². The molecular weight excluding hydrogens is 326 g/mol. The maximum atomic E-state index is 13.8. The number of nitrogens with zero attached hydrogens (tertiary/aromatic N) is 2. The molecule has 1 amide bonds. The van der Waals surface area contributed by atoms with Gasteiger partial charge in [-0.25, -0.2) is 8.78 Å². The zero-order valence-electron chi connectivity index (χ0n) is 13.8. The quantitative estimate of drug-likeness (QED) is 0.925. The highest BCUT2D eigenvalue weighted by Gasteiger charge is 2.24. The molecule has 1 aliphatic heterocycles. The second kappa shape index (κ2) is 7.72. The molecule has 25 heavy (non-hydrogen) atoms. The number of benzene rings is 2. The lowest BCUT2D eigenvalue weighted by Crippen LogP contribution is -2.48. The summed E-state index contributed by atoms with van der Waals surface area (Å²) in [6.07, 6.45) is 0. The summed E-state index contributed by atoms with van der Waals surface area (Å²) in [5, 5.41) is 9.06. The summed E-state index contributed by atoms with van der Waals surface area (Å²) in [5.74, 6) is -1.91. The van der Waals surface area contributed by atoms with Crippen molar-refractivity contribution in [3.05, 3.63) is 70.8 Å². The average molecular weight is 346 g/mol. The molecule has 0 radical (unpaired) electrons. The molecule has 1 saturated heterocycles. The number of rotatable bonds is 4. The van der Waals surface area contributed by atoms with Gasteiger partial charge in [0.15, 0.2) is 0 Å². The topological polar surface area (TPSA) is 43.8 Å². The summed E-state index contributed by atoms with van der Waals surface area (Å²) < 4.78 is 26.7. The number of hydrogen-bond acceptors (Lipinski definition) is 3. The van der Waals surface area contributed by atoms with Crippen LogP contribution >= 0.6 is 0 Å². The lowest BCUT2D eigenvalue weighted by atomic mass is 10.1. The molecule has 0 atom stereocenters. The van der Waals surface area contributed by atoms with E-state index in [1.807, 2.05) is 24.3 Å². The second-order valence-corrected chi connectivity index (χ2v) is 6.17. The molecule has 4 nitrogen and oxygen atoms in total. The fraction of sp³-hybridized carbons (Fsp3) is 0.316. The van der Waals surface area contributed by atoms with E-state index in [1.54, 1.807) is 4.90 Å². The standard InChI is InChI=1S/C19H20F2N2O2/c20-16-5-6-17(18(21)11-16)19(25)23-9-7-22(8-10-23)12-14-1-3-15(13-24)4-2-14/h1-6,11,24H,7-10,12-13H2. The molecule has 1 heterocycles. The van der Waals surface area contributed by atoms with Gasteiger partial charge in [0.1, 0.15) is 11.6 Å². The lowest BCUT2D eigenvalue weighted by Gasteiger charge is -2.34. The smallest absolute Gasteiger partial charge is 0.256 e. The Balaban J connectivity index is 1.56. The molecule has 2 aromatic carbocycles. The zero-order valence-corrected chi connectivity index (χ0v) is 13.8. The van der Waals surface area contributed by atoms with Gasteiger partial charge >= 0.3 is 0 Å². The summed E-state index contributed by atoms with van der Waals surface area (Å²) in [7, 11) is 0. The number of hydrogen-bond donors (Lipinski definition) is 1. The molecule has 1 fully saturated rings. The first-order valence-corrected chi connectivity index (χ1v) is 8.22. The predicted molar refractivity (Wildman–Crippen MR) is 89.9 cm³/mol. The molecule has 0 unspecified atom stereocenters. The van der Waals surface area contributed by atoms with E-state index in [4.69, 9.17) is 5.11 Å². The fourth-order valence-corrected chi connectivity index (χ4v) is 2.95. The zero-order chi connectivity index (χ0) is 17.8. The summed E-state index contributed by atoms with van der Waals surface area (Å²) in [6, 6.07) is 10.8. The molecule has 0 aliphatic carbocycles. The number of aliphatic hydroxyl groups is 1.